The number of rotatable bonds is 5. The highest BCUT2D eigenvalue weighted by Crippen LogP contribution is 2.25. The van der Waals surface area contributed by atoms with E-state index >= 15 is 0 Å². The maximum absolute atomic E-state index is 13.6. The van der Waals surface area contributed by atoms with Gasteiger partial charge in [0.1, 0.15) is 6.61 Å². The van der Waals surface area contributed by atoms with Gasteiger partial charge in [0, 0.05) is 35.8 Å². The summed E-state index contributed by atoms with van der Waals surface area (Å²) in [5.41, 5.74) is 9.00. The fourth-order valence-corrected chi connectivity index (χ4v) is 2.63. The van der Waals surface area contributed by atoms with E-state index in [9.17, 15) is 4.39 Å². The van der Waals surface area contributed by atoms with Crippen LogP contribution in [0.15, 0.2) is 48.7 Å². The minimum atomic E-state index is -0.341. The molecule has 0 aliphatic carbocycles. The summed E-state index contributed by atoms with van der Waals surface area (Å²) in [5.74, 6) is -0.0642. The number of benzene rings is 2. The molecule has 0 radical (unpaired) electrons. The van der Waals surface area contributed by atoms with Crippen molar-refractivity contribution in [2.45, 2.75) is 26.6 Å². The summed E-state index contributed by atoms with van der Waals surface area (Å²) in [5, 5.41) is 1.12. The molecule has 0 aliphatic rings. The van der Waals surface area contributed by atoms with Crippen molar-refractivity contribution in [3.8, 4) is 5.75 Å². The van der Waals surface area contributed by atoms with Crippen molar-refractivity contribution in [2.75, 3.05) is 0 Å². The molecule has 0 bridgehead atoms. The summed E-state index contributed by atoms with van der Waals surface area (Å²) in [4.78, 5) is 0. The standard InChI is InChI=1S/C18H19FN2O/c1-2-21-11-14(12-22-18-6-4-3-5-16(18)19)15-8-7-13(10-20)9-17(15)21/h3-9,11H,2,10,12,20H2,1H3. The first-order valence-corrected chi connectivity index (χ1v) is 7.41. The second-order valence-corrected chi connectivity index (χ2v) is 5.22. The largest absolute Gasteiger partial charge is 0.486 e. The van der Waals surface area contributed by atoms with Crippen LogP contribution in [0.5, 0.6) is 5.75 Å². The van der Waals surface area contributed by atoms with Gasteiger partial charge >= 0.3 is 0 Å². The molecular formula is C18H19FN2O. The lowest BCUT2D eigenvalue weighted by molar-refractivity contribution is 0.291. The number of ether oxygens (including phenoxy) is 1. The molecule has 0 aliphatic heterocycles. The lowest BCUT2D eigenvalue weighted by Gasteiger charge is -2.06. The maximum atomic E-state index is 13.6. The first-order valence-electron chi connectivity index (χ1n) is 7.41. The maximum Gasteiger partial charge on any atom is 0.165 e. The zero-order chi connectivity index (χ0) is 15.5. The van der Waals surface area contributed by atoms with Gasteiger partial charge in [-0.25, -0.2) is 4.39 Å². The van der Waals surface area contributed by atoms with Gasteiger partial charge in [-0.3, -0.25) is 0 Å². The quantitative estimate of drug-likeness (QED) is 0.777. The molecule has 3 aromatic rings. The smallest absolute Gasteiger partial charge is 0.165 e. The molecule has 0 saturated carbocycles. The first-order chi connectivity index (χ1) is 10.7. The Morgan fingerprint density at radius 2 is 2.00 bits per heavy atom. The lowest BCUT2D eigenvalue weighted by atomic mass is 10.1. The Kier molecular flexibility index (Phi) is 4.11. The SMILES string of the molecule is CCn1cc(COc2ccccc2F)c2ccc(CN)cc21. The van der Waals surface area contributed by atoms with E-state index < -0.39 is 0 Å². The molecule has 1 heterocycles. The molecule has 0 spiro atoms. The molecule has 114 valence electrons. The molecule has 0 amide bonds. The zero-order valence-corrected chi connectivity index (χ0v) is 12.6. The summed E-state index contributed by atoms with van der Waals surface area (Å²) in [6.07, 6.45) is 2.06. The molecule has 0 fully saturated rings. The molecule has 2 N–H and O–H groups in total. The minimum absolute atomic E-state index is 0.276. The van der Waals surface area contributed by atoms with Crippen LogP contribution in [0.4, 0.5) is 4.39 Å². The van der Waals surface area contributed by atoms with Gasteiger partial charge in [0.05, 0.1) is 0 Å². The molecule has 1 aromatic heterocycles. The topological polar surface area (TPSA) is 40.2 Å². The number of nitrogens with zero attached hydrogens (tertiary/aromatic N) is 1. The number of halogens is 1. The highest BCUT2D eigenvalue weighted by Gasteiger charge is 2.10. The van der Waals surface area contributed by atoms with Gasteiger partial charge in [-0.05, 0) is 30.7 Å². The summed E-state index contributed by atoms with van der Waals surface area (Å²) < 4.78 is 21.4. The summed E-state index contributed by atoms with van der Waals surface area (Å²) in [7, 11) is 0. The normalized spacial score (nSPS) is 11.0. The van der Waals surface area contributed by atoms with E-state index in [4.69, 9.17) is 10.5 Å². The van der Waals surface area contributed by atoms with Crippen LogP contribution in [0.25, 0.3) is 10.9 Å². The minimum Gasteiger partial charge on any atom is -0.486 e. The van der Waals surface area contributed by atoms with Crippen molar-refractivity contribution in [1.82, 2.24) is 4.57 Å². The van der Waals surface area contributed by atoms with Crippen LogP contribution in [-0.4, -0.2) is 4.57 Å². The van der Waals surface area contributed by atoms with Gasteiger partial charge < -0.3 is 15.0 Å². The third kappa shape index (κ3) is 2.70. The van der Waals surface area contributed by atoms with Crippen LogP contribution in [-0.2, 0) is 19.7 Å². The molecule has 3 rings (SSSR count). The van der Waals surface area contributed by atoms with Crippen LogP contribution in [0.1, 0.15) is 18.1 Å². The Bertz CT molecular complexity index is 795. The number of nitrogens with two attached hydrogens (primary N) is 1. The molecule has 2 aromatic carbocycles. The van der Waals surface area contributed by atoms with E-state index in [0.29, 0.717) is 13.2 Å². The third-order valence-electron chi connectivity index (χ3n) is 3.83. The second-order valence-electron chi connectivity index (χ2n) is 5.22. The van der Waals surface area contributed by atoms with Crippen LogP contribution in [0.2, 0.25) is 0 Å². The van der Waals surface area contributed by atoms with Gasteiger partial charge in [0.2, 0.25) is 0 Å². The van der Waals surface area contributed by atoms with E-state index in [2.05, 4.69) is 29.8 Å². The van der Waals surface area contributed by atoms with E-state index in [1.165, 1.54) is 6.07 Å². The summed E-state index contributed by atoms with van der Waals surface area (Å²) >= 11 is 0. The van der Waals surface area contributed by atoms with Gasteiger partial charge in [-0.2, -0.15) is 0 Å². The predicted molar refractivity (Wildman–Crippen MR) is 86.2 cm³/mol. The average molecular weight is 298 g/mol. The molecule has 3 nitrogen and oxygen atoms in total. The van der Waals surface area contributed by atoms with Gasteiger partial charge in [0.15, 0.2) is 11.6 Å². The Morgan fingerprint density at radius 1 is 1.18 bits per heavy atom. The van der Waals surface area contributed by atoms with E-state index in [1.807, 2.05) is 6.07 Å². The van der Waals surface area contributed by atoms with Gasteiger partial charge in [-0.1, -0.05) is 24.3 Å². The Balaban J connectivity index is 1.92. The van der Waals surface area contributed by atoms with Crippen molar-refractivity contribution >= 4 is 10.9 Å². The summed E-state index contributed by atoms with van der Waals surface area (Å²) in [6, 6.07) is 12.6. The van der Waals surface area contributed by atoms with Crippen molar-refractivity contribution in [2.24, 2.45) is 5.73 Å². The Labute approximate surface area is 129 Å². The predicted octanol–water partition coefficient (Wildman–Crippen LogP) is 3.84. The number of aromatic nitrogens is 1. The number of aryl methyl sites for hydroxylation is 1. The summed E-state index contributed by atoms with van der Waals surface area (Å²) in [6.45, 7) is 3.82. The monoisotopic (exact) mass is 298 g/mol. The fraction of sp³-hybridized carbons (Fsp3) is 0.222. The Hall–Kier alpha value is -2.33. The van der Waals surface area contributed by atoms with Gasteiger partial charge in [-0.15, -0.1) is 0 Å². The molecule has 0 unspecified atom stereocenters. The van der Waals surface area contributed by atoms with Crippen molar-refractivity contribution < 1.29 is 9.13 Å². The van der Waals surface area contributed by atoms with Crippen LogP contribution in [0.3, 0.4) is 0 Å². The fourth-order valence-electron chi connectivity index (χ4n) is 2.63. The molecule has 0 atom stereocenters. The number of hydrogen-bond acceptors (Lipinski definition) is 2. The van der Waals surface area contributed by atoms with E-state index in [1.54, 1.807) is 18.2 Å². The Morgan fingerprint density at radius 3 is 2.73 bits per heavy atom. The van der Waals surface area contributed by atoms with Crippen LogP contribution in [0, 0.1) is 5.82 Å². The van der Waals surface area contributed by atoms with E-state index in [-0.39, 0.29) is 11.6 Å². The van der Waals surface area contributed by atoms with E-state index in [0.717, 1.165) is 28.6 Å². The number of para-hydroxylation sites is 1. The number of hydrogen-bond donors (Lipinski definition) is 1. The highest BCUT2D eigenvalue weighted by molar-refractivity contribution is 5.84. The molecule has 22 heavy (non-hydrogen) atoms. The zero-order valence-electron chi connectivity index (χ0n) is 12.6. The molecule has 4 heteroatoms. The van der Waals surface area contributed by atoms with Crippen LogP contribution < -0.4 is 10.5 Å². The van der Waals surface area contributed by atoms with Crippen molar-refractivity contribution in [3.63, 3.8) is 0 Å². The highest BCUT2D eigenvalue weighted by atomic mass is 19.1. The van der Waals surface area contributed by atoms with Crippen molar-refractivity contribution in [1.29, 1.82) is 0 Å². The van der Waals surface area contributed by atoms with Gasteiger partial charge in [0.25, 0.3) is 0 Å². The lowest BCUT2D eigenvalue weighted by Crippen LogP contribution is -1.97. The third-order valence-corrected chi connectivity index (χ3v) is 3.83. The van der Waals surface area contributed by atoms with Crippen molar-refractivity contribution in [3.05, 3.63) is 65.6 Å². The van der Waals surface area contributed by atoms with Crippen LogP contribution >= 0.6 is 0 Å². The average Bonchev–Trinajstić information content (AvgIpc) is 2.91. The molecule has 0 saturated heterocycles. The second kappa shape index (κ2) is 6.20. The molecular weight excluding hydrogens is 279 g/mol. The first kappa shape index (κ1) is 14.6. The number of fused-ring (bicyclic) bond motifs is 1.